The smallest absolute Gasteiger partial charge is 0.220 e. The average molecular weight is 251 g/mol. The Morgan fingerprint density at radius 3 is 3.00 bits per heavy atom. The molecule has 1 aromatic rings. The number of nitrogens with one attached hydrogen (secondary N) is 2. The minimum Gasteiger partial charge on any atom is -0.351 e. The van der Waals surface area contributed by atoms with Crippen LogP contribution in [0.25, 0.3) is 0 Å². The lowest BCUT2D eigenvalue weighted by Crippen LogP contribution is -2.61. The topological polar surface area (TPSA) is 73.9 Å². The van der Waals surface area contributed by atoms with Gasteiger partial charge in [0.25, 0.3) is 0 Å². The molecule has 2 rings (SSSR count). The molecule has 2 N–H and O–H groups in total. The summed E-state index contributed by atoms with van der Waals surface area (Å²) in [7, 11) is 0. The normalized spacial score (nSPS) is 16.8. The second-order valence-corrected chi connectivity index (χ2v) is 5.13. The molecule has 0 saturated carbocycles. The zero-order valence-corrected chi connectivity index (χ0v) is 11.0. The van der Waals surface area contributed by atoms with Gasteiger partial charge in [0.1, 0.15) is 0 Å². The minimum atomic E-state index is 0.145. The van der Waals surface area contributed by atoms with E-state index in [1.165, 1.54) is 0 Å². The molecule has 0 unspecified atom stereocenters. The highest BCUT2D eigenvalue weighted by atomic mass is 16.1. The number of aromatic amines is 1. The molecule has 100 valence electrons. The van der Waals surface area contributed by atoms with Gasteiger partial charge < -0.3 is 5.32 Å². The summed E-state index contributed by atoms with van der Waals surface area (Å²) in [5.74, 6) is 0.145. The van der Waals surface area contributed by atoms with Crippen molar-refractivity contribution >= 4 is 5.91 Å². The maximum atomic E-state index is 11.7. The van der Waals surface area contributed by atoms with Crippen molar-refractivity contribution in [1.82, 2.24) is 25.6 Å². The molecule has 1 amide bonds. The van der Waals surface area contributed by atoms with Gasteiger partial charge in [-0.2, -0.15) is 0 Å². The Bertz CT molecular complexity index is 370. The number of likely N-dealkylation sites (tertiary alicyclic amines) is 1. The van der Waals surface area contributed by atoms with Crippen LogP contribution in [0.3, 0.4) is 0 Å². The van der Waals surface area contributed by atoms with Crippen LogP contribution in [0.5, 0.6) is 0 Å². The third kappa shape index (κ3) is 3.53. The van der Waals surface area contributed by atoms with E-state index in [1.54, 1.807) is 6.20 Å². The Hall–Kier alpha value is -1.43. The second-order valence-electron chi connectivity index (χ2n) is 5.13. The van der Waals surface area contributed by atoms with Crippen LogP contribution in [-0.2, 0) is 11.2 Å². The van der Waals surface area contributed by atoms with E-state index >= 15 is 0 Å². The lowest BCUT2D eigenvalue weighted by atomic mass is 10.1. The van der Waals surface area contributed by atoms with Gasteiger partial charge in [-0.25, -0.2) is 0 Å². The van der Waals surface area contributed by atoms with Crippen molar-refractivity contribution in [3.63, 3.8) is 0 Å². The molecule has 0 aromatic carbocycles. The van der Waals surface area contributed by atoms with Gasteiger partial charge >= 0.3 is 0 Å². The third-order valence-corrected chi connectivity index (χ3v) is 3.31. The SMILES string of the molecule is CC(C)N1CC(NC(=O)CCCc2c[nH]nn2)C1. The van der Waals surface area contributed by atoms with Crippen LogP contribution in [-0.4, -0.2) is 51.4 Å². The molecule has 18 heavy (non-hydrogen) atoms. The Labute approximate surface area is 107 Å². The van der Waals surface area contributed by atoms with Gasteiger partial charge in [0.15, 0.2) is 0 Å². The van der Waals surface area contributed by atoms with E-state index in [0.29, 0.717) is 18.5 Å². The highest BCUT2D eigenvalue weighted by Crippen LogP contribution is 2.11. The van der Waals surface area contributed by atoms with Crippen LogP contribution in [0.2, 0.25) is 0 Å². The predicted molar refractivity (Wildman–Crippen MR) is 68.0 cm³/mol. The zero-order chi connectivity index (χ0) is 13.0. The standard InChI is InChI=1S/C12H21N5O/c1-9(2)17-7-11(8-17)14-12(18)5-3-4-10-6-13-16-15-10/h6,9,11H,3-5,7-8H2,1-2H3,(H,14,18)(H,13,15,16). The van der Waals surface area contributed by atoms with Crippen molar-refractivity contribution in [2.45, 2.75) is 45.2 Å². The first kappa shape index (κ1) is 13.0. The summed E-state index contributed by atoms with van der Waals surface area (Å²) < 4.78 is 0. The second kappa shape index (κ2) is 5.95. The van der Waals surface area contributed by atoms with Gasteiger partial charge in [0.2, 0.25) is 5.91 Å². The molecule has 1 aliphatic rings. The summed E-state index contributed by atoms with van der Waals surface area (Å²) in [6.07, 6.45) is 3.95. The summed E-state index contributed by atoms with van der Waals surface area (Å²) >= 11 is 0. The molecule has 0 radical (unpaired) electrons. The van der Waals surface area contributed by atoms with E-state index in [9.17, 15) is 4.79 Å². The first-order valence-corrected chi connectivity index (χ1v) is 6.54. The molecule has 1 aliphatic heterocycles. The van der Waals surface area contributed by atoms with Crippen LogP contribution >= 0.6 is 0 Å². The maximum absolute atomic E-state index is 11.7. The number of carbonyl (C=O) groups is 1. The van der Waals surface area contributed by atoms with E-state index in [4.69, 9.17) is 0 Å². The van der Waals surface area contributed by atoms with Gasteiger partial charge in [-0.05, 0) is 26.7 Å². The molecule has 0 bridgehead atoms. The van der Waals surface area contributed by atoms with Crippen LogP contribution < -0.4 is 5.32 Å². The summed E-state index contributed by atoms with van der Waals surface area (Å²) in [5.41, 5.74) is 0.914. The monoisotopic (exact) mass is 251 g/mol. The number of nitrogens with zero attached hydrogens (tertiary/aromatic N) is 3. The predicted octanol–water partition coefficient (Wildman–Crippen LogP) is 0.336. The van der Waals surface area contributed by atoms with Crippen LogP contribution in [0.15, 0.2) is 6.20 Å². The molecule has 2 heterocycles. The van der Waals surface area contributed by atoms with Gasteiger partial charge in [0, 0.05) is 31.7 Å². The largest absolute Gasteiger partial charge is 0.351 e. The maximum Gasteiger partial charge on any atom is 0.220 e. The fourth-order valence-electron chi connectivity index (χ4n) is 2.10. The average Bonchev–Trinajstić information content (AvgIpc) is 2.75. The highest BCUT2D eigenvalue weighted by Gasteiger charge is 2.29. The molecule has 0 spiro atoms. The summed E-state index contributed by atoms with van der Waals surface area (Å²) in [6, 6.07) is 0.914. The molecule has 1 saturated heterocycles. The van der Waals surface area contributed by atoms with Gasteiger partial charge in [-0.3, -0.25) is 14.8 Å². The van der Waals surface area contributed by atoms with E-state index in [1.807, 2.05) is 0 Å². The van der Waals surface area contributed by atoms with Crippen molar-refractivity contribution in [3.05, 3.63) is 11.9 Å². The fourth-order valence-corrected chi connectivity index (χ4v) is 2.10. The van der Waals surface area contributed by atoms with Crippen molar-refractivity contribution in [2.24, 2.45) is 0 Å². The van der Waals surface area contributed by atoms with Gasteiger partial charge in [-0.15, -0.1) is 5.10 Å². The van der Waals surface area contributed by atoms with Crippen molar-refractivity contribution < 1.29 is 4.79 Å². The number of H-pyrrole nitrogens is 1. The minimum absolute atomic E-state index is 0.145. The summed E-state index contributed by atoms with van der Waals surface area (Å²) in [4.78, 5) is 14.0. The molecule has 6 nitrogen and oxygen atoms in total. The number of rotatable bonds is 6. The van der Waals surface area contributed by atoms with Crippen LogP contribution in [0, 0.1) is 0 Å². The zero-order valence-electron chi connectivity index (χ0n) is 11.0. The van der Waals surface area contributed by atoms with Crippen molar-refractivity contribution in [1.29, 1.82) is 0 Å². The number of carbonyl (C=O) groups excluding carboxylic acids is 1. The van der Waals surface area contributed by atoms with E-state index in [0.717, 1.165) is 31.6 Å². The molecule has 6 heteroatoms. The quantitative estimate of drug-likeness (QED) is 0.764. The molecule has 0 aliphatic carbocycles. The summed E-state index contributed by atoms with van der Waals surface area (Å²) in [5, 5.41) is 13.2. The van der Waals surface area contributed by atoms with Crippen LogP contribution in [0.1, 0.15) is 32.4 Å². The lowest BCUT2D eigenvalue weighted by molar-refractivity contribution is -0.123. The molecule has 0 atom stereocenters. The van der Waals surface area contributed by atoms with E-state index in [2.05, 4.69) is 39.5 Å². The van der Waals surface area contributed by atoms with Gasteiger partial charge in [0.05, 0.1) is 11.7 Å². The number of hydrogen-bond acceptors (Lipinski definition) is 4. The van der Waals surface area contributed by atoms with Gasteiger partial charge in [-0.1, -0.05) is 5.21 Å². The number of amides is 1. The lowest BCUT2D eigenvalue weighted by Gasteiger charge is -2.42. The molecular weight excluding hydrogens is 230 g/mol. The molecule has 1 aromatic heterocycles. The Balaban J connectivity index is 1.56. The molecular formula is C12H21N5O. The first-order valence-electron chi connectivity index (χ1n) is 6.54. The number of hydrogen-bond donors (Lipinski definition) is 2. The van der Waals surface area contributed by atoms with E-state index < -0.39 is 0 Å². The van der Waals surface area contributed by atoms with Crippen LogP contribution in [0.4, 0.5) is 0 Å². The number of aryl methyl sites for hydroxylation is 1. The summed E-state index contributed by atoms with van der Waals surface area (Å²) in [6.45, 7) is 6.31. The number of aromatic nitrogens is 3. The van der Waals surface area contributed by atoms with Crippen molar-refractivity contribution in [3.8, 4) is 0 Å². The molecule has 1 fully saturated rings. The first-order chi connectivity index (χ1) is 8.65. The fraction of sp³-hybridized carbons (Fsp3) is 0.750. The Morgan fingerprint density at radius 2 is 2.39 bits per heavy atom. The van der Waals surface area contributed by atoms with E-state index in [-0.39, 0.29) is 5.91 Å². The van der Waals surface area contributed by atoms with Crippen molar-refractivity contribution in [2.75, 3.05) is 13.1 Å². The highest BCUT2D eigenvalue weighted by molar-refractivity contribution is 5.76. The third-order valence-electron chi connectivity index (χ3n) is 3.31. The Kier molecular flexibility index (Phi) is 4.30. The Morgan fingerprint density at radius 1 is 1.61 bits per heavy atom.